The maximum absolute atomic E-state index is 12.5. The molecule has 2 aliphatic rings. The van der Waals surface area contributed by atoms with Crippen molar-refractivity contribution in [1.82, 2.24) is 30.0 Å². The first-order valence-corrected chi connectivity index (χ1v) is 9.97. The lowest BCUT2D eigenvalue weighted by molar-refractivity contribution is -0.140. The number of nitrogens with zero attached hydrogens (tertiary/aromatic N) is 6. The standard InChI is InChI=1S/C20H28N6O/c27-19-8-10-20(16-25(19)14-18-6-2-1-3-7-18)9-4-11-24(15-20)12-5-13-26-17-21-22-23-26/h1-3,6-7,17H,4-5,8-16H2/t20-/m0/s1. The lowest BCUT2D eigenvalue weighted by Gasteiger charge is -2.48. The van der Waals surface area contributed by atoms with Crippen LogP contribution in [0.25, 0.3) is 0 Å². The monoisotopic (exact) mass is 368 g/mol. The van der Waals surface area contributed by atoms with E-state index in [0.29, 0.717) is 12.3 Å². The third-order valence-corrected chi connectivity index (χ3v) is 5.96. The van der Waals surface area contributed by atoms with Gasteiger partial charge >= 0.3 is 0 Å². The third kappa shape index (κ3) is 4.53. The first-order valence-electron chi connectivity index (χ1n) is 9.97. The summed E-state index contributed by atoms with van der Waals surface area (Å²) in [6.45, 7) is 5.81. The van der Waals surface area contributed by atoms with Gasteiger partial charge in [0.1, 0.15) is 6.33 Å². The second-order valence-electron chi connectivity index (χ2n) is 8.04. The number of amides is 1. The van der Waals surface area contributed by atoms with E-state index in [9.17, 15) is 4.79 Å². The molecule has 2 fully saturated rings. The highest BCUT2D eigenvalue weighted by atomic mass is 16.2. The number of carbonyl (C=O) groups is 1. The molecule has 1 amide bonds. The molecule has 7 heteroatoms. The fourth-order valence-corrected chi connectivity index (χ4v) is 4.62. The summed E-state index contributed by atoms with van der Waals surface area (Å²) in [6.07, 6.45) is 6.89. The molecule has 4 rings (SSSR count). The van der Waals surface area contributed by atoms with Crippen LogP contribution in [0, 0.1) is 5.41 Å². The fourth-order valence-electron chi connectivity index (χ4n) is 4.62. The molecule has 1 aromatic carbocycles. The summed E-state index contributed by atoms with van der Waals surface area (Å²) >= 11 is 0. The van der Waals surface area contributed by atoms with Crippen LogP contribution in [-0.2, 0) is 17.9 Å². The molecule has 0 bridgehead atoms. The van der Waals surface area contributed by atoms with Crippen LogP contribution in [0.1, 0.15) is 37.7 Å². The van der Waals surface area contributed by atoms with Gasteiger partial charge in [0.2, 0.25) is 5.91 Å². The second kappa shape index (κ2) is 8.17. The number of aromatic nitrogens is 4. The van der Waals surface area contributed by atoms with E-state index in [2.05, 4.69) is 37.5 Å². The summed E-state index contributed by atoms with van der Waals surface area (Å²) in [6, 6.07) is 10.3. The number of benzene rings is 1. The second-order valence-corrected chi connectivity index (χ2v) is 8.04. The van der Waals surface area contributed by atoms with Gasteiger partial charge in [-0.15, -0.1) is 5.10 Å². The minimum atomic E-state index is 0.260. The number of rotatable bonds is 6. The molecule has 1 aromatic heterocycles. The zero-order chi connectivity index (χ0) is 18.5. The summed E-state index contributed by atoms with van der Waals surface area (Å²) in [4.78, 5) is 17.2. The summed E-state index contributed by atoms with van der Waals surface area (Å²) in [5, 5.41) is 11.3. The van der Waals surface area contributed by atoms with Crippen molar-refractivity contribution in [2.24, 2.45) is 5.41 Å². The van der Waals surface area contributed by atoms with Gasteiger partial charge in [-0.05, 0) is 54.8 Å². The Labute approximate surface area is 160 Å². The smallest absolute Gasteiger partial charge is 0.222 e. The van der Waals surface area contributed by atoms with Crippen molar-refractivity contribution in [2.75, 3.05) is 26.2 Å². The number of likely N-dealkylation sites (tertiary alicyclic amines) is 2. The quantitative estimate of drug-likeness (QED) is 0.780. The average Bonchev–Trinajstić information content (AvgIpc) is 3.20. The van der Waals surface area contributed by atoms with E-state index < -0.39 is 0 Å². The molecule has 0 N–H and O–H groups in total. The average molecular weight is 368 g/mol. The highest BCUT2D eigenvalue weighted by Gasteiger charge is 2.41. The van der Waals surface area contributed by atoms with Crippen molar-refractivity contribution < 1.29 is 4.79 Å². The van der Waals surface area contributed by atoms with E-state index >= 15 is 0 Å². The summed E-state index contributed by atoms with van der Waals surface area (Å²) in [5.41, 5.74) is 1.48. The zero-order valence-electron chi connectivity index (χ0n) is 15.8. The highest BCUT2D eigenvalue weighted by molar-refractivity contribution is 5.77. The van der Waals surface area contributed by atoms with E-state index in [1.807, 2.05) is 18.2 Å². The molecule has 0 unspecified atom stereocenters. The lowest BCUT2D eigenvalue weighted by atomic mass is 9.73. The highest BCUT2D eigenvalue weighted by Crippen LogP contribution is 2.39. The van der Waals surface area contributed by atoms with Crippen LogP contribution in [0.5, 0.6) is 0 Å². The van der Waals surface area contributed by atoms with Crippen LogP contribution in [0.15, 0.2) is 36.7 Å². The van der Waals surface area contributed by atoms with Crippen molar-refractivity contribution in [3.63, 3.8) is 0 Å². The van der Waals surface area contributed by atoms with Gasteiger partial charge in [0.15, 0.2) is 0 Å². The molecular formula is C20H28N6O. The van der Waals surface area contributed by atoms with Gasteiger partial charge < -0.3 is 9.80 Å². The normalized spacial score (nSPS) is 23.9. The summed E-state index contributed by atoms with van der Waals surface area (Å²) < 4.78 is 1.79. The van der Waals surface area contributed by atoms with E-state index in [1.165, 1.54) is 18.4 Å². The minimum absolute atomic E-state index is 0.260. The number of hydrogen-bond acceptors (Lipinski definition) is 5. The largest absolute Gasteiger partial charge is 0.338 e. The van der Waals surface area contributed by atoms with Crippen LogP contribution in [-0.4, -0.2) is 62.1 Å². The molecule has 27 heavy (non-hydrogen) atoms. The number of aryl methyl sites for hydroxylation is 1. The van der Waals surface area contributed by atoms with Crippen molar-refractivity contribution in [1.29, 1.82) is 0 Å². The molecule has 0 aliphatic carbocycles. The number of piperidine rings is 2. The predicted octanol–water partition coefficient (Wildman–Crippen LogP) is 1.97. The van der Waals surface area contributed by atoms with Crippen molar-refractivity contribution in [3.05, 3.63) is 42.2 Å². The Morgan fingerprint density at radius 3 is 2.78 bits per heavy atom. The fraction of sp³-hybridized carbons (Fsp3) is 0.600. The molecule has 2 saturated heterocycles. The molecule has 2 aromatic rings. The maximum atomic E-state index is 12.5. The van der Waals surface area contributed by atoms with Crippen molar-refractivity contribution in [3.8, 4) is 0 Å². The summed E-state index contributed by atoms with van der Waals surface area (Å²) in [5.74, 6) is 0.306. The number of carbonyl (C=O) groups excluding carboxylic acids is 1. The van der Waals surface area contributed by atoms with Gasteiger partial charge in [0.25, 0.3) is 0 Å². The van der Waals surface area contributed by atoms with Crippen LogP contribution in [0.4, 0.5) is 0 Å². The van der Waals surface area contributed by atoms with Gasteiger partial charge in [-0.2, -0.15) is 0 Å². The molecular weight excluding hydrogens is 340 g/mol. The first-order chi connectivity index (χ1) is 13.2. The number of hydrogen-bond donors (Lipinski definition) is 0. The van der Waals surface area contributed by atoms with E-state index in [4.69, 9.17) is 0 Å². The Morgan fingerprint density at radius 1 is 1.07 bits per heavy atom. The molecule has 0 radical (unpaired) electrons. The molecule has 1 atom stereocenters. The molecule has 7 nitrogen and oxygen atoms in total. The zero-order valence-corrected chi connectivity index (χ0v) is 15.8. The summed E-state index contributed by atoms with van der Waals surface area (Å²) in [7, 11) is 0. The Kier molecular flexibility index (Phi) is 5.48. The minimum Gasteiger partial charge on any atom is -0.338 e. The van der Waals surface area contributed by atoms with Gasteiger partial charge in [-0.1, -0.05) is 30.3 Å². The van der Waals surface area contributed by atoms with Gasteiger partial charge in [-0.25, -0.2) is 4.68 Å². The van der Waals surface area contributed by atoms with Crippen LogP contribution < -0.4 is 0 Å². The topological polar surface area (TPSA) is 67.2 Å². The third-order valence-electron chi connectivity index (χ3n) is 5.96. The Hall–Kier alpha value is -2.28. The molecule has 144 valence electrons. The van der Waals surface area contributed by atoms with Crippen LogP contribution in [0.3, 0.4) is 0 Å². The van der Waals surface area contributed by atoms with Crippen LogP contribution >= 0.6 is 0 Å². The molecule has 0 saturated carbocycles. The predicted molar refractivity (Wildman–Crippen MR) is 102 cm³/mol. The molecule has 3 heterocycles. The van der Waals surface area contributed by atoms with E-state index in [0.717, 1.165) is 52.1 Å². The van der Waals surface area contributed by atoms with Crippen molar-refractivity contribution in [2.45, 2.75) is 45.2 Å². The molecule has 2 aliphatic heterocycles. The number of tetrazole rings is 1. The van der Waals surface area contributed by atoms with Gasteiger partial charge in [-0.3, -0.25) is 4.79 Å². The van der Waals surface area contributed by atoms with Gasteiger partial charge in [0, 0.05) is 38.0 Å². The lowest BCUT2D eigenvalue weighted by Crippen LogP contribution is -2.53. The SMILES string of the molecule is O=C1CC[C@]2(CCCN(CCCn3cnnn3)C2)CN1Cc1ccccc1. The van der Waals surface area contributed by atoms with E-state index in [-0.39, 0.29) is 5.41 Å². The molecule has 1 spiro atoms. The Bertz CT molecular complexity index is 734. The van der Waals surface area contributed by atoms with E-state index in [1.54, 1.807) is 11.0 Å². The maximum Gasteiger partial charge on any atom is 0.222 e. The Morgan fingerprint density at radius 2 is 1.96 bits per heavy atom. The van der Waals surface area contributed by atoms with Gasteiger partial charge in [0.05, 0.1) is 0 Å². The Balaban J connectivity index is 1.34. The van der Waals surface area contributed by atoms with Crippen LogP contribution in [0.2, 0.25) is 0 Å². The first kappa shape index (κ1) is 18.1. The van der Waals surface area contributed by atoms with Crippen molar-refractivity contribution >= 4 is 5.91 Å².